The van der Waals surface area contributed by atoms with E-state index in [1.165, 1.54) is 6.42 Å². The number of anilines is 1. The van der Waals surface area contributed by atoms with E-state index in [0.29, 0.717) is 10.6 Å². The lowest BCUT2D eigenvalue weighted by atomic mass is 9.71. The maximum atomic E-state index is 12.8. The van der Waals surface area contributed by atoms with Crippen LogP contribution in [-0.2, 0) is 0 Å². The molecule has 0 bridgehead atoms. The molecule has 206 valence electrons. The minimum absolute atomic E-state index is 0.0824. The number of hydrogen-bond acceptors (Lipinski definition) is 6. The predicted octanol–water partition coefficient (Wildman–Crippen LogP) is 5.65. The highest BCUT2D eigenvalue weighted by Crippen LogP contribution is 2.39. The van der Waals surface area contributed by atoms with Crippen molar-refractivity contribution < 1.29 is 4.79 Å². The molecule has 8 nitrogen and oxygen atoms in total. The molecule has 1 aliphatic carbocycles. The molecule has 0 unspecified atom stereocenters. The molecule has 4 aromatic rings. The van der Waals surface area contributed by atoms with E-state index in [0.717, 1.165) is 66.8 Å². The van der Waals surface area contributed by atoms with Crippen molar-refractivity contribution in [1.29, 1.82) is 5.26 Å². The van der Waals surface area contributed by atoms with Crippen LogP contribution in [0.2, 0.25) is 5.02 Å². The summed E-state index contributed by atoms with van der Waals surface area (Å²) >= 11 is 6.17. The minimum atomic E-state index is -0.367. The second-order valence-electron chi connectivity index (χ2n) is 11.5. The fourth-order valence-electron chi connectivity index (χ4n) is 5.52. The van der Waals surface area contributed by atoms with Gasteiger partial charge in [0, 0.05) is 59.3 Å². The van der Waals surface area contributed by atoms with E-state index in [9.17, 15) is 10.1 Å². The van der Waals surface area contributed by atoms with Crippen LogP contribution >= 0.6 is 11.6 Å². The van der Waals surface area contributed by atoms with Crippen LogP contribution in [0.3, 0.4) is 0 Å². The molecule has 0 aromatic carbocycles. The summed E-state index contributed by atoms with van der Waals surface area (Å²) in [7, 11) is 0. The highest BCUT2D eigenvalue weighted by Gasteiger charge is 2.33. The molecular formula is C32H30ClN7O. The van der Waals surface area contributed by atoms with Crippen molar-refractivity contribution in [3.63, 3.8) is 0 Å². The van der Waals surface area contributed by atoms with Crippen LogP contribution in [0.25, 0.3) is 16.6 Å². The zero-order valence-electron chi connectivity index (χ0n) is 23.1. The zero-order chi connectivity index (χ0) is 28.6. The molecule has 2 fully saturated rings. The molecule has 6 rings (SSSR count). The molecule has 0 atom stereocenters. The van der Waals surface area contributed by atoms with Crippen molar-refractivity contribution in [3.8, 4) is 29.0 Å². The van der Waals surface area contributed by atoms with Crippen molar-refractivity contribution in [1.82, 2.24) is 24.9 Å². The number of rotatable bonds is 4. The number of fused-ring (bicyclic) bond motifs is 1. The van der Waals surface area contributed by atoms with Gasteiger partial charge in [-0.1, -0.05) is 29.9 Å². The van der Waals surface area contributed by atoms with Crippen LogP contribution in [-0.4, -0.2) is 44.1 Å². The number of nitrogens with one attached hydrogen (secondary N) is 1. The average Bonchev–Trinajstić information content (AvgIpc) is 3.38. The monoisotopic (exact) mass is 563 g/mol. The molecule has 1 N–H and O–H groups in total. The standard InChI is InChI=1S/C32H30ClN7O/c1-31(9-4-10-31)11-8-22-17-25(29-24(18-34)20-37-40(29)21-22)23-6-7-27(36-19-23)39-15-12-32(2,13-16-39)38-30(41)28-26(33)5-3-14-35-28/h3,5-7,14,17,19-21H,4,9-10,12-13,15-16H2,1-2H3,(H,38,41). The molecule has 9 heteroatoms. The number of pyridine rings is 3. The number of piperidine rings is 1. The third-order valence-electron chi connectivity index (χ3n) is 8.34. The van der Waals surface area contributed by atoms with Gasteiger partial charge in [-0.15, -0.1) is 0 Å². The number of nitriles is 1. The van der Waals surface area contributed by atoms with Crippen LogP contribution < -0.4 is 10.2 Å². The molecule has 1 saturated heterocycles. The predicted molar refractivity (Wildman–Crippen MR) is 159 cm³/mol. The molecule has 4 aromatic heterocycles. The van der Waals surface area contributed by atoms with E-state index in [1.54, 1.807) is 29.0 Å². The van der Waals surface area contributed by atoms with Crippen LogP contribution in [0, 0.1) is 28.6 Å². The van der Waals surface area contributed by atoms with Gasteiger partial charge in [0.05, 0.1) is 22.3 Å². The first-order valence-corrected chi connectivity index (χ1v) is 14.2. The Bertz CT molecular complexity index is 1730. The fourth-order valence-corrected chi connectivity index (χ4v) is 5.73. The van der Waals surface area contributed by atoms with E-state index in [2.05, 4.69) is 52.1 Å². The Morgan fingerprint density at radius 2 is 1.90 bits per heavy atom. The number of carbonyl (C=O) groups is 1. The van der Waals surface area contributed by atoms with Crippen molar-refractivity contribution in [2.24, 2.45) is 5.41 Å². The molecule has 0 spiro atoms. The third kappa shape index (κ3) is 5.36. The SMILES string of the molecule is CC1(C#Cc2cc(-c3ccc(N4CCC(C)(NC(=O)c5ncccc5Cl)CC4)nc3)c3c(C#N)cnn3c2)CCC1. The fraction of sp³-hybridized carbons (Fsp3) is 0.344. The summed E-state index contributed by atoms with van der Waals surface area (Å²) in [6.07, 6.45) is 11.9. The molecule has 1 saturated carbocycles. The van der Waals surface area contributed by atoms with E-state index >= 15 is 0 Å². The first-order valence-electron chi connectivity index (χ1n) is 13.9. The number of halogens is 1. The molecule has 5 heterocycles. The number of hydrogen-bond donors (Lipinski definition) is 1. The van der Waals surface area contributed by atoms with Gasteiger partial charge in [0.2, 0.25) is 0 Å². The van der Waals surface area contributed by atoms with E-state index in [-0.39, 0.29) is 22.6 Å². The van der Waals surface area contributed by atoms with Crippen molar-refractivity contribution in [3.05, 3.63) is 77.0 Å². The Morgan fingerprint density at radius 3 is 2.56 bits per heavy atom. The summed E-state index contributed by atoms with van der Waals surface area (Å²) in [5.74, 6) is 7.41. The number of amides is 1. The van der Waals surface area contributed by atoms with Crippen molar-refractivity contribution in [2.75, 3.05) is 18.0 Å². The second-order valence-corrected chi connectivity index (χ2v) is 11.9. The molecule has 2 aliphatic rings. The molecular weight excluding hydrogens is 534 g/mol. The zero-order valence-corrected chi connectivity index (χ0v) is 23.9. The second kappa shape index (κ2) is 10.5. The van der Waals surface area contributed by atoms with Gasteiger partial charge < -0.3 is 10.2 Å². The van der Waals surface area contributed by atoms with Gasteiger partial charge in [-0.3, -0.25) is 4.79 Å². The summed E-state index contributed by atoms with van der Waals surface area (Å²) < 4.78 is 1.74. The van der Waals surface area contributed by atoms with Crippen molar-refractivity contribution >= 4 is 28.8 Å². The van der Waals surface area contributed by atoms with Crippen LogP contribution in [0.5, 0.6) is 0 Å². The molecule has 1 amide bonds. The molecule has 0 radical (unpaired) electrons. The number of carbonyl (C=O) groups excluding carboxylic acids is 1. The largest absolute Gasteiger partial charge is 0.356 e. The van der Waals surface area contributed by atoms with Gasteiger partial charge in [0.15, 0.2) is 0 Å². The van der Waals surface area contributed by atoms with Gasteiger partial charge in [-0.25, -0.2) is 14.5 Å². The van der Waals surface area contributed by atoms with Crippen LogP contribution in [0.1, 0.15) is 67.6 Å². The normalized spacial score (nSPS) is 17.2. The summed E-state index contributed by atoms with van der Waals surface area (Å²) in [6, 6.07) is 11.7. The van der Waals surface area contributed by atoms with Gasteiger partial charge in [-0.05, 0) is 69.9 Å². The smallest absolute Gasteiger partial charge is 0.271 e. The lowest BCUT2D eigenvalue weighted by Crippen LogP contribution is -2.53. The van der Waals surface area contributed by atoms with E-state index < -0.39 is 0 Å². The first-order chi connectivity index (χ1) is 19.8. The summed E-state index contributed by atoms with van der Waals surface area (Å²) in [5, 5.41) is 17.6. The Morgan fingerprint density at radius 1 is 1.10 bits per heavy atom. The highest BCUT2D eigenvalue weighted by atomic mass is 35.5. The quantitative estimate of drug-likeness (QED) is 0.322. The van der Waals surface area contributed by atoms with Crippen molar-refractivity contribution in [2.45, 2.75) is 51.5 Å². The Hall–Kier alpha value is -4.40. The van der Waals surface area contributed by atoms with Gasteiger partial charge in [0.25, 0.3) is 5.91 Å². The number of nitrogens with zero attached hydrogens (tertiary/aromatic N) is 6. The van der Waals surface area contributed by atoms with E-state index in [4.69, 9.17) is 16.6 Å². The first kappa shape index (κ1) is 26.8. The maximum absolute atomic E-state index is 12.8. The summed E-state index contributed by atoms with van der Waals surface area (Å²) in [4.78, 5) is 23.9. The van der Waals surface area contributed by atoms with Gasteiger partial charge in [0.1, 0.15) is 17.6 Å². The lowest BCUT2D eigenvalue weighted by Gasteiger charge is -2.40. The van der Waals surface area contributed by atoms with Crippen LogP contribution in [0.15, 0.2) is 55.1 Å². The Labute approximate surface area is 244 Å². The third-order valence-corrected chi connectivity index (χ3v) is 8.64. The summed E-state index contributed by atoms with van der Waals surface area (Å²) in [5.41, 5.74) is 3.86. The van der Waals surface area contributed by atoms with E-state index in [1.807, 2.05) is 30.6 Å². The summed E-state index contributed by atoms with van der Waals surface area (Å²) in [6.45, 7) is 5.75. The average molecular weight is 564 g/mol. The molecule has 41 heavy (non-hydrogen) atoms. The minimum Gasteiger partial charge on any atom is -0.356 e. The lowest BCUT2D eigenvalue weighted by molar-refractivity contribution is 0.0886. The van der Waals surface area contributed by atoms with Gasteiger partial charge in [-0.2, -0.15) is 10.4 Å². The van der Waals surface area contributed by atoms with Gasteiger partial charge >= 0.3 is 0 Å². The topological polar surface area (TPSA) is 99.2 Å². The maximum Gasteiger partial charge on any atom is 0.271 e. The number of aromatic nitrogens is 4. The molecule has 1 aliphatic heterocycles. The Kier molecular flexibility index (Phi) is 6.89. The Balaban J connectivity index is 1.20. The van der Waals surface area contributed by atoms with Crippen LogP contribution in [0.4, 0.5) is 5.82 Å². The highest BCUT2D eigenvalue weighted by molar-refractivity contribution is 6.33.